The predicted molar refractivity (Wildman–Crippen MR) is 114 cm³/mol. The summed E-state index contributed by atoms with van der Waals surface area (Å²) < 4.78 is 18.0. The predicted octanol–water partition coefficient (Wildman–Crippen LogP) is 3.65. The van der Waals surface area contributed by atoms with Gasteiger partial charge >= 0.3 is 11.9 Å². The average molecular weight is 418 g/mol. The number of hydrogen-bond acceptors (Lipinski definition) is 4. The van der Waals surface area contributed by atoms with Gasteiger partial charge in [-0.3, -0.25) is 4.79 Å². The molecule has 156 valence electrons. The molecule has 1 atom stereocenters. The van der Waals surface area contributed by atoms with Crippen LogP contribution in [0.3, 0.4) is 0 Å². The molecule has 0 saturated heterocycles. The lowest BCUT2D eigenvalue weighted by molar-refractivity contribution is -0.143. The number of carboxylic acid groups (broad SMARTS) is 2. The number of carboxylic acids is 2. The third-order valence-corrected chi connectivity index (χ3v) is 7.18. The SMILES string of the molecule is CC(CCC(=O)O)(N=S(=O)(CCc1ccccc1)CCc1ccccc1)C(=O)O. The largest absolute Gasteiger partial charge is 0.481 e. The maximum absolute atomic E-state index is 13.7. The van der Waals surface area contributed by atoms with Gasteiger partial charge in [0.15, 0.2) is 5.54 Å². The second-order valence-corrected chi connectivity index (χ2v) is 9.76. The van der Waals surface area contributed by atoms with Gasteiger partial charge in [0, 0.05) is 27.7 Å². The lowest BCUT2D eigenvalue weighted by Crippen LogP contribution is -2.36. The molecule has 0 aromatic heterocycles. The maximum Gasteiger partial charge on any atom is 0.332 e. The van der Waals surface area contributed by atoms with Gasteiger partial charge in [-0.1, -0.05) is 60.7 Å². The smallest absolute Gasteiger partial charge is 0.332 e. The van der Waals surface area contributed by atoms with E-state index < -0.39 is 27.2 Å². The number of carbonyl (C=O) groups is 2. The second kappa shape index (κ2) is 10.2. The van der Waals surface area contributed by atoms with Crippen molar-refractivity contribution in [3.8, 4) is 0 Å². The number of benzene rings is 2. The molecular weight excluding hydrogens is 390 g/mol. The van der Waals surface area contributed by atoms with Crippen molar-refractivity contribution in [2.75, 3.05) is 11.5 Å². The van der Waals surface area contributed by atoms with Crippen LogP contribution in [-0.4, -0.2) is 43.4 Å². The highest BCUT2D eigenvalue weighted by Gasteiger charge is 2.35. The van der Waals surface area contributed by atoms with Crippen LogP contribution in [0.1, 0.15) is 30.9 Å². The molecule has 0 aliphatic carbocycles. The number of rotatable bonds is 11. The molecule has 0 fully saturated rings. The van der Waals surface area contributed by atoms with E-state index in [1.165, 1.54) is 6.92 Å². The fourth-order valence-corrected chi connectivity index (χ4v) is 5.35. The highest BCUT2D eigenvalue weighted by Crippen LogP contribution is 2.22. The number of nitrogens with zero attached hydrogens (tertiary/aromatic N) is 1. The van der Waals surface area contributed by atoms with E-state index >= 15 is 0 Å². The van der Waals surface area contributed by atoms with Gasteiger partial charge in [0.25, 0.3) is 0 Å². The Morgan fingerprint density at radius 3 is 1.72 bits per heavy atom. The Bertz CT molecular complexity index is 887. The third-order valence-electron chi connectivity index (χ3n) is 4.76. The van der Waals surface area contributed by atoms with Gasteiger partial charge in [0.1, 0.15) is 0 Å². The Labute approximate surface area is 171 Å². The fourth-order valence-electron chi connectivity index (χ4n) is 2.95. The lowest BCUT2D eigenvalue weighted by atomic mass is 9.98. The van der Waals surface area contributed by atoms with Crippen molar-refractivity contribution in [3.05, 3.63) is 71.8 Å². The summed E-state index contributed by atoms with van der Waals surface area (Å²) in [7, 11) is -2.88. The minimum Gasteiger partial charge on any atom is -0.481 e. The zero-order valence-corrected chi connectivity index (χ0v) is 17.3. The summed E-state index contributed by atoms with van der Waals surface area (Å²) in [6.07, 6.45) is 0.462. The molecule has 29 heavy (non-hydrogen) atoms. The highest BCUT2D eigenvalue weighted by atomic mass is 32.2. The van der Waals surface area contributed by atoms with E-state index in [-0.39, 0.29) is 24.3 Å². The van der Waals surface area contributed by atoms with Gasteiger partial charge < -0.3 is 10.2 Å². The zero-order valence-electron chi connectivity index (χ0n) is 16.5. The van der Waals surface area contributed by atoms with E-state index in [0.29, 0.717) is 12.8 Å². The second-order valence-electron chi connectivity index (χ2n) is 7.22. The molecule has 0 aliphatic heterocycles. The first-order chi connectivity index (χ1) is 13.7. The van der Waals surface area contributed by atoms with E-state index in [9.17, 15) is 18.9 Å². The van der Waals surface area contributed by atoms with Crippen LogP contribution in [0, 0.1) is 0 Å². The van der Waals surface area contributed by atoms with Crippen molar-refractivity contribution in [3.63, 3.8) is 0 Å². The van der Waals surface area contributed by atoms with Gasteiger partial charge in [-0.15, -0.1) is 0 Å². The molecule has 2 aromatic carbocycles. The molecule has 0 amide bonds. The summed E-state index contributed by atoms with van der Waals surface area (Å²) >= 11 is 0. The number of aliphatic carboxylic acids is 2. The minimum atomic E-state index is -2.88. The number of hydrogen-bond donors (Lipinski definition) is 2. The lowest BCUT2D eigenvalue weighted by Gasteiger charge is -2.22. The minimum absolute atomic E-state index is 0.203. The van der Waals surface area contributed by atoms with Crippen LogP contribution < -0.4 is 0 Å². The molecule has 7 heteroatoms. The molecule has 0 spiro atoms. The molecule has 0 radical (unpaired) electrons. The summed E-state index contributed by atoms with van der Waals surface area (Å²) in [5.41, 5.74) is 0.290. The number of aryl methyl sites for hydroxylation is 2. The van der Waals surface area contributed by atoms with Crippen LogP contribution in [-0.2, 0) is 32.2 Å². The molecular formula is C22H27NO5S. The van der Waals surface area contributed by atoms with Gasteiger partial charge in [-0.25, -0.2) is 13.4 Å². The van der Waals surface area contributed by atoms with Crippen LogP contribution in [0.25, 0.3) is 0 Å². The highest BCUT2D eigenvalue weighted by molar-refractivity contribution is 7.93. The van der Waals surface area contributed by atoms with Crippen LogP contribution in [0.2, 0.25) is 0 Å². The molecule has 2 N–H and O–H groups in total. The molecule has 6 nitrogen and oxygen atoms in total. The normalized spacial score (nSPS) is 13.4. The summed E-state index contributed by atoms with van der Waals surface area (Å²) in [5, 5.41) is 18.6. The van der Waals surface area contributed by atoms with Crippen molar-refractivity contribution in [2.24, 2.45) is 4.36 Å². The van der Waals surface area contributed by atoms with Gasteiger partial charge in [0.05, 0.1) is 0 Å². The summed E-state index contributed by atoms with van der Waals surface area (Å²) in [5.74, 6) is -1.92. The van der Waals surface area contributed by atoms with Crippen LogP contribution in [0.15, 0.2) is 65.0 Å². The van der Waals surface area contributed by atoms with Crippen LogP contribution in [0.4, 0.5) is 0 Å². The van der Waals surface area contributed by atoms with Crippen molar-refractivity contribution in [1.29, 1.82) is 0 Å². The van der Waals surface area contributed by atoms with E-state index in [1.54, 1.807) is 0 Å². The molecule has 0 aliphatic rings. The van der Waals surface area contributed by atoms with Gasteiger partial charge in [-0.2, -0.15) is 0 Å². The Kier molecular flexibility index (Phi) is 7.96. The van der Waals surface area contributed by atoms with E-state index in [1.807, 2.05) is 60.7 Å². The Hall–Kier alpha value is -2.67. The first-order valence-corrected chi connectivity index (χ1v) is 11.3. The monoisotopic (exact) mass is 417 g/mol. The van der Waals surface area contributed by atoms with Crippen molar-refractivity contribution >= 4 is 21.7 Å². The van der Waals surface area contributed by atoms with Crippen molar-refractivity contribution in [2.45, 2.75) is 38.1 Å². The average Bonchev–Trinajstić information content (AvgIpc) is 2.71. The standard InChI is InChI=1S/C22H27NO5S/c1-22(21(26)27,15-12-20(24)25)23-29(28,16-13-18-8-4-2-5-9-18)17-14-19-10-6-3-7-11-19/h2-11H,12-17H2,1H3,(H,24,25)(H,26,27). The summed E-state index contributed by atoms with van der Waals surface area (Å²) in [6, 6.07) is 19.1. The third kappa shape index (κ3) is 7.34. The molecule has 2 rings (SSSR count). The first kappa shape index (κ1) is 22.6. The topological polar surface area (TPSA) is 104 Å². The summed E-state index contributed by atoms with van der Waals surface area (Å²) in [6.45, 7) is 1.35. The zero-order chi connectivity index (χ0) is 21.3. The van der Waals surface area contributed by atoms with E-state index in [0.717, 1.165) is 11.1 Å². The quantitative estimate of drug-likeness (QED) is 0.581. The fraction of sp³-hybridized carbons (Fsp3) is 0.364. The maximum atomic E-state index is 13.7. The van der Waals surface area contributed by atoms with Crippen LogP contribution in [0.5, 0.6) is 0 Å². The Morgan fingerprint density at radius 2 is 1.34 bits per heavy atom. The molecule has 0 heterocycles. The Balaban J connectivity index is 2.31. The molecule has 0 saturated carbocycles. The van der Waals surface area contributed by atoms with E-state index in [2.05, 4.69) is 4.36 Å². The van der Waals surface area contributed by atoms with Crippen molar-refractivity contribution in [1.82, 2.24) is 0 Å². The van der Waals surface area contributed by atoms with E-state index in [4.69, 9.17) is 5.11 Å². The van der Waals surface area contributed by atoms with Gasteiger partial charge in [0.2, 0.25) is 0 Å². The molecule has 2 aromatic rings. The summed E-state index contributed by atoms with van der Waals surface area (Å²) in [4.78, 5) is 22.8. The molecule has 0 bridgehead atoms. The van der Waals surface area contributed by atoms with Crippen LogP contribution >= 0.6 is 0 Å². The first-order valence-electron chi connectivity index (χ1n) is 9.49. The van der Waals surface area contributed by atoms with Crippen molar-refractivity contribution < 1.29 is 24.0 Å². The van der Waals surface area contributed by atoms with Gasteiger partial charge in [-0.05, 0) is 37.3 Å². The Morgan fingerprint density at radius 1 is 0.897 bits per heavy atom. The molecule has 1 unspecified atom stereocenters.